The van der Waals surface area contributed by atoms with Crippen LogP contribution in [0.15, 0.2) is 21.7 Å². The van der Waals surface area contributed by atoms with Crippen LogP contribution < -0.4 is 20.3 Å². The van der Waals surface area contributed by atoms with Gasteiger partial charge in [-0.15, -0.1) is 0 Å². The van der Waals surface area contributed by atoms with Crippen LogP contribution in [0.3, 0.4) is 0 Å². The summed E-state index contributed by atoms with van der Waals surface area (Å²) in [6.07, 6.45) is 1.05. The zero-order valence-electron chi connectivity index (χ0n) is 10.2. The fourth-order valence-electron chi connectivity index (χ4n) is 2.53. The third-order valence-corrected chi connectivity index (χ3v) is 3.56. The lowest BCUT2D eigenvalue weighted by atomic mass is 9.82. The Morgan fingerprint density at radius 1 is 0.833 bits per heavy atom. The lowest BCUT2D eigenvalue weighted by Crippen LogP contribution is -2.41. The number of benzene rings is 1. The van der Waals surface area contributed by atoms with Crippen molar-refractivity contribution in [3.63, 3.8) is 0 Å². The van der Waals surface area contributed by atoms with Crippen LogP contribution >= 0.6 is 0 Å². The van der Waals surface area contributed by atoms with E-state index < -0.39 is 0 Å². The second-order valence-electron chi connectivity index (χ2n) is 4.44. The molecule has 0 bridgehead atoms. The molecule has 0 aromatic heterocycles. The Morgan fingerprint density at radius 3 is 1.56 bits per heavy atom. The molecule has 0 heterocycles. The third kappa shape index (κ3) is 1.32. The molecular formula is C14H12O4. The molecule has 0 fully saturated rings. The largest absolute Gasteiger partial charge is 0.493 e. The van der Waals surface area contributed by atoms with Crippen molar-refractivity contribution in [3.8, 4) is 11.5 Å². The first-order valence-electron chi connectivity index (χ1n) is 5.70. The summed E-state index contributed by atoms with van der Waals surface area (Å²) in [5.41, 5.74) is 2.75. The minimum absolute atomic E-state index is 0.328. The van der Waals surface area contributed by atoms with Crippen LogP contribution in [0.5, 0.6) is 11.5 Å². The zero-order valence-corrected chi connectivity index (χ0v) is 10.2. The molecule has 2 aromatic carbocycles. The van der Waals surface area contributed by atoms with Crippen molar-refractivity contribution in [2.75, 3.05) is 14.2 Å². The molecule has 0 saturated heterocycles. The summed E-state index contributed by atoms with van der Waals surface area (Å²) >= 11 is 0. The topological polar surface area (TPSA) is 52.6 Å². The highest BCUT2D eigenvalue weighted by atomic mass is 16.5. The SMILES string of the molecule is COc1cc2c(cc1OC)Cc1c(c(=O)c1=O)C2. The average molecular weight is 244 g/mol. The van der Waals surface area contributed by atoms with Gasteiger partial charge in [0.25, 0.3) is 0 Å². The van der Waals surface area contributed by atoms with Crippen LogP contribution in [0.25, 0.3) is 0 Å². The molecule has 0 atom stereocenters. The van der Waals surface area contributed by atoms with Crippen LogP contribution in [0.1, 0.15) is 22.3 Å². The van der Waals surface area contributed by atoms with E-state index >= 15 is 0 Å². The van der Waals surface area contributed by atoms with Crippen molar-refractivity contribution < 1.29 is 9.47 Å². The van der Waals surface area contributed by atoms with Gasteiger partial charge in [0.05, 0.1) is 14.2 Å². The molecule has 1 aliphatic carbocycles. The summed E-state index contributed by atoms with van der Waals surface area (Å²) in [5, 5.41) is 0. The first kappa shape index (κ1) is 11.0. The standard InChI is InChI=1S/C14H12O4/c1-17-11-5-7-3-9-10(14(16)13(9)15)4-8(7)6-12(11)18-2/h5-6H,3-4H2,1-2H3. The van der Waals surface area contributed by atoms with Gasteiger partial charge in [0, 0.05) is 24.0 Å². The molecule has 92 valence electrons. The van der Waals surface area contributed by atoms with Gasteiger partial charge in [-0.1, -0.05) is 0 Å². The first-order chi connectivity index (χ1) is 8.65. The Bertz CT molecular complexity index is 644. The van der Waals surface area contributed by atoms with Gasteiger partial charge >= 0.3 is 0 Å². The van der Waals surface area contributed by atoms with Gasteiger partial charge in [-0.3, -0.25) is 9.59 Å². The average Bonchev–Trinajstić information content (AvgIpc) is 2.43. The van der Waals surface area contributed by atoms with Gasteiger partial charge in [0.15, 0.2) is 11.5 Å². The molecule has 0 spiro atoms. The summed E-state index contributed by atoms with van der Waals surface area (Å²) in [7, 11) is 3.16. The Labute approximate surface area is 103 Å². The van der Waals surface area contributed by atoms with Crippen molar-refractivity contribution in [1.82, 2.24) is 0 Å². The van der Waals surface area contributed by atoms with Gasteiger partial charge in [-0.25, -0.2) is 0 Å². The highest BCUT2D eigenvalue weighted by molar-refractivity contribution is 5.54. The molecule has 0 saturated carbocycles. The number of fused-ring (bicyclic) bond motifs is 2. The van der Waals surface area contributed by atoms with E-state index in [0.29, 0.717) is 35.5 Å². The van der Waals surface area contributed by atoms with Crippen molar-refractivity contribution in [2.24, 2.45) is 0 Å². The van der Waals surface area contributed by atoms with Crippen molar-refractivity contribution >= 4 is 0 Å². The van der Waals surface area contributed by atoms with Gasteiger partial charge < -0.3 is 9.47 Å². The Hall–Kier alpha value is -2.10. The predicted molar refractivity (Wildman–Crippen MR) is 66.5 cm³/mol. The van der Waals surface area contributed by atoms with E-state index in [4.69, 9.17) is 9.47 Å². The van der Waals surface area contributed by atoms with Gasteiger partial charge in [-0.2, -0.15) is 0 Å². The van der Waals surface area contributed by atoms with E-state index in [1.165, 1.54) is 0 Å². The maximum Gasteiger partial charge on any atom is 0.229 e. The number of ether oxygens (including phenoxy) is 2. The monoisotopic (exact) mass is 244 g/mol. The van der Waals surface area contributed by atoms with Crippen LogP contribution in [0.4, 0.5) is 0 Å². The number of hydrogen-bond donors (Lipinski definition) is 0. The van der Waals surface area contributed by atoms with E-state index in [9.17, 15) is 9.59 Å². The molecule has 0 amide bonds. The van der Waals surface area contributed by atoms with E-state index in [2.05, 4.69) is 0 Å². The summed E-state index contributed by atoms with van der Waals surface area (Å²) in [6.45, 7) is 0. The number of rotatable bonds is 2. The molecule has 4 nitrogen and oxygen atoms in total. The fourth-order valence-corrected chi connectivity index (χ4v) is 2.53. The maximum absolute atomic E-state index is 11.4. The van der Waals surface area contributed by atoms with Gasteiger partial charge in [0.1, 0.15) is 0 Å². The van der Waals surface area contributed by atoms with Crippen LogP contribution in [0, 0.1) is 0 Å². The smallest absolute Gasteiger partial charge is 0.229 e. The van der Waals surface area contributed by atoms with Crippen molar-refractivity contribution in [3.05, 3.63) is 54.8 Å². The first-order valence-corrected chi connectivity index (χ1v) is 5.70. The fraction of sp³-hybridized carbons (Fsp3) is 0.286. The molecule has 0 unspecified atom stereocenters. The highest BCUT2D eigenvalue weighted by Gasteiger charge is 2.27. The molecule has 0 N–H and O–H groups in total. The van der Waals surface area contributed by atoms with Crippen LogP contribution in [0.2, 0.25) is 0 Å². The molecule has 2 aromatic rings. The van der Waals surface area contributed by atoms with Gasteiger partial charge in [0.2, 0.25) is 10.9 Å². The summed E-state index contributed by atoms with van der Waals surface area (Å²) in [4.78, 5) is 22.8. The Morgan fingerprint density at radius 2 is 1.22 bits per heavy atom. The minimum atomic E-state index is -0.328. The molecule has 0 radical (unpaired) electrons. The zero-order chi connectivity index (χ0) is 12.9. The van der Waals surface area contributed by atoms with Crippen LogP contribution in [-0.4, -0.2) is 14.2 Å². The number of hydrogen-bond acceptors (Lipinski definition) is 4. The molecule has 4 heteroatoms. The summed E-state index contributed by atoms with van der Waals surface area (Å²) < 4.78 is 10.5. The maximum atomic E-state index is 11.4. The van der Waals surface area contributed by atoms with E-state index in [1.807, 2.05) is 12.1 Å². The Balaban J connectivity index is 2.11. The second kappa shape index (κ2) is 3.70. The normalized spacial score (nSPS) is 13.0. The van der Waals surface area contributed by atoms with E-state index in [1.54, 1.807) is 14.2 Å². The number of methoxy groups -OCH3 is 2. The molecule has 3 rings (SSSR count). The minimum Gasteiger partial charge on any atom is -0.493 e. The van der Waals surface area contributed by atoms with Crippen LogP contribution in [-0.2, 0) is 12.8 Å². The molecule has 18 heavy (non-hydrogen) atoms. The van der Waals surface area contributed by atoms with Gasteiger partial charge in [-0.05, 0) is 23.3 Å². The van der Waals surface area contributed by atoms with Crippen molar-refractivity contribution in [1.29, 1.82) is 0 Å². The lowest BCUT2D eigenvalue weighted by molar-refractivity contribution is 0.354. The Kier molecular flexibility index (Phi) is 2.26. The highest BCUT2D eigenvalue weighted by Crippen LogP contribution is 2.34. The molecule has 0 aliphatic heterocycles. The van der Waals surface area contributed by atoms with Crippen molar-refractivity contribution in [2.45, 2.75) is 12.8 Å². The van der Waals surface area contributed by atoms with E-state index in [-0.39, 0.29) is 10.9 Å². The van der Waals surface area contributed by atoms with E-state index in [0.717, 1.165) is 11.1 Å². The molecule has 1 aliphatic rings. The molecular weight excluding hydrogens is 232 g/mol. The summed E-state index contributed by atoms with van der Waals surface area (Å²) in [6, 6.07) is 3.77. The lowest BCUT2D eigenvalue weighted by Gasteiger charge is -2.22. The second-order valence-corrected chi connectivity index (χ2v) is 4.44. The quantitative estimate of drug-likeness (QED) is 0.625. The third-order valence-electron chi connectivity index (χ3n) is 3.56. The predicted octanol–water partition coefficient (Wildman–Crippen LogP) is 0.795. The summed E-state index contributed by atoms with van der Waals surface area (Å²) in [5.74, 6) is 1.30.